The summed E-state index contributed by atoms with van der Waals surface area (Å²) in [5, 5.41) is 9.95. The third-order valence-corrected chi connectivity index (χ3v) is 4.96. The summed E-state index contributed by atoms with van der Waals surface area (Å²) in [6.45, 7) is 11.6. The third kappa shape index (κ3) is 5.41. The van der Waals surface area contributed by atoms with E-state index < -0.39 is 16.1 Å². The number of sulfonamides is 1. The Morgan fingerprint density at radius 2 is 1.62 bits per heavy atom. The van der Waals surface area contributed by atoms with Gasteiger partial charge < -0.3 is 5.11 Å². The number of aryl methyl sites for hydroxylation is 3. The van der Waals surface area contributed by atoms with E-state index >= 15 is 0 Å². The van der Waals surface area contributed by atoms with Crippen molar-refractivity contribution in [3.05, 3.63) is 28.8 Å². The molecule has 1 rings (SSSR count). The Balaban J connectivity index is 2.89. The van der Waals surface area contributed by atoms with Gasteiger partial charge in [-0.2, -0.15) is 0 Å². The van der Waals surface area contributed by atoms with Crippen molar-refractivity contribution < 1.29 is 13.5 Å². The molecule has 21 heavy (non-hydrogen) atoms. The van der Waals surface area contributed by atoms with Gasteiger partial charge in [0, 0.05) is 6.54 Å². The lowest BCUT2D eigenvalue weighted by Crippen LogP contribution is -2.34. The van der Waals surface area contributed by atoms with Crippen molar-refractivity contribution in [3.63, 3.8) is 0 Å². The highest BCUT2D eigenvalue weighted by molar-refractivity contribution is 7.89. The van der Waals surface area contributed by atoms with Gasteiger partial charge in [-0.15, -0.1) is 0 Å². The first-order valence-corrected chi connectivity index (χ1v) is 8.66. The van der Waals surface area contributed by atoms with Crippen LogP contribution >= 0.6 is 0 Å². The van der Waals surface area contributed by atoms with Crippen LogP contribution < -0.4 is 4.72 Å². The molecule has 1 aromatic carbocycles. The second kappa shape index (κ2) is 6.46. The molecule has 0 aliphatic heterocycles. The maximum absolute atomic E-state index is 12.4. The average molecular weight is 313 g/mol. The Morgan fingerprint density at radius 1 is 1.14 bits per heavy atom. The second-order valence-corrected chi connectivity index (χ2v) is 8.70. The maximum atomic E-state index is 12.4. The lowest BCUT2D eigenvalue weighted by molar-refractivity contribution is 0.125. The van der Waals surface area contributed by atoms with Gasteiger partial charge in [0.05, 0.1) is 11.0 Å². The zero-order chi connectivity index (χ0) is 16.4. The van der Waals surface area contributed by atoms with Crippen LogP contribution in [0.1, 0.15) is 43.9 Å². The predicted molar refractivity (Wildman–Crippen MR) is 85.9 cm³/mol. The summed E-state index contributed by atoms with van der Waals surface area (Å²) in [5.74, 6) is 0. The van der Waals surface area contributed by atoms with E-state index in [0.29, 0.717) is 11.3 Å². The van der Waals surface area contributed by atoms with E-state index in [1.54, 1.807) is 13.8 Å². The number of rotatable bonds is 5. The van der Waals surface area contributed by atoms with Crippen LogP contribution in [0.25, 0.3) is 0 Å². The van der Waals surface area contributed by atoms with Crippen molar-refractivity contribution in [2.45, 2.75) is 59.0 Å². The number of aliphatic hydroxyl groups excluding tert-OH is 1. The normalized spacial score (nSPS) is 14.2. The van der Waals surface area contributed by atoms with Crippen LogP contribution in [-0.4, -0.2) is 26.2 Å². The molecule has 5 heteroatoms. The third-order valence-electron chi connectivity index (χ3n) is 3.23. The Morgan fingerprint density at radius 3 is 2.05 bits per heavy atom. The van der Waals surface area contributed by atoms with Gasteiger partial charge in [-0.1, -0.05) is 38.5 Å². The van der Waals surface area contributed by atoms with Crippen LogP contribution in [0.4, 0.5) is 0 Å². The molecule has 0 radical (unpaired) electrons. The molecule has 1 aromatic rings. The minimum atomic E-state index is -3.60. The highest BCUT2D eigenvalue weighted by Gasteiger charge is 2.22. The molecule has 1 unspecified atom stereocenters. The smallest absolute Gasteiger partial charge is 0.241 e. The molecule has 0 aliphatic rings. The van der Waals surface area contributed by atoms with Crippen LogP contribution in [0.2, 0.25) is 0 Å². The zero-order valence-electron chi connectivity index (χ0n) is 13.8. The quantitative estimate of drug-likeness (QED) is 0.878. The summed E-state index contributed by atoms with van der Waals surface area (Å²) in [5.41, 5.74) is 2.45. The van der Waals surface area contributed by atoms with Crippen molar-refractivity contribution in [2.24, 2.45) is 5.41 Å². The molecule has 0 fully saturated rings. The van der Waals surface area contributed by atoms with Crippen LogP contribution in [0.3, 0.4) is 0 Å². The minimum absolute atomic E-state index is 0.0341. The van der Waals surface area contributed by atoms with Crippen LogP contribution in [-0.2, 0) is 10.0 Å². The van der Waals surface area contributed by atoms with Gasteiger partial charge in [0.15, 0.2) is 0 Å². The summed E-state index contributed by atoms with van der Waals surface area (Å²) in [6, 6.07) is 3.71. The van der Waals surface area contributed by atoms with Gasteiger partial charge in [0.25, 0.3) is 0 Å². The van der Waals surface area contributed by atoms with Crippen LogP contribution in [0.5, 0.6) is 0 Å². The Hall–Kier alpha value is -0.910. The summed E-state index contributed by atoms with van der Waals surface area (Å²) >= 11 is 0. The van der Waals surface area contributed by atoms with Crippen molar-refractivity contribution in [3.8, 4) is 0 Å². The number of hydrogen-bond donors (Lipinski definition) is 2. The highest BCUT2D eigenvalue weighted by Crippen LogP contribution is 2.23. The standard InChI is InChI=1S/C16H27NO3S/c1-11-7-12(2)15(13(3)8-11)21(19,20)17-10-14(18)9-16(4,5)6/h7-8,14,17-18H,9-10H2,1-6H3. The molecule has 0 spiro atoms. The van der Waals surface area contributed by atoms with E-state index in [9.17, 15) is 13.5 Å². The van der Waals surface area contributed by atoms with E-state index in [2.05, 4.69) is 4.72 Å². The molecule has 0 saturated heterocycles. The minimum Gasteiger partial charge on any atom is -0.392 e. The molecule has 0 heterocycles. The first kappa shape index (κ1) is 18.1. The van der Waals surface area contributed by atoms with Gasteiger partial charge in [-0.05, 0) is 43.7 Å². The summed E-state index contributed by atoms with van der Waals surface area (Å²) in [4.78, 5) is 0.316. The summed E-state index contributed by atoms with van der Waals surface area (Å²) < 4.78 is 27.4. The highest BCUT2D eigenvalue weighted by atomic mass is 32.2. The lowest BCUT2D eigenvalue weighted by atomic mass is 9.89. The first-order chi connectivity index (χ1) is 9.42. The fourth-order valence-corrected chi connectivity index (χ4v) is 4.17. The van der Waals surface area contributed by atoms with E-state index in [0.717, 1.165) is 16.7 Å². The molecule has 0 aliphatic carbocycles. The van der Waals surface area contributed by atoms with E-state index in [-0.39, 0.29) is 12.0 Å². The average Bonchev–Trinajstić information content (AvgIpc) is 2.22. The Bertz CT molecular complexity index is 577. The van der Waals surface area contributed by atoms with Crippen LogP contribution in [0, 0.1) is 26.2 Å². The van der Waals surface area contributed by atoms with Crippen molar-refractivity contribution >= 4 is 10.0 Å². The molecule has 1 atom stereocenters. The predicted octanol–water partition coefficient (Wildman–Crippen LogP) is 2.69. The molecular formula is C16H27NO3S. The fourth-order valence-electron chi connectivity index (χ4n) is 2.65. The molecule has 4 nitrogen and oxygen atoms in total. The Kier molecular flexibility index (Phi) is 5.58. The Labute approximate surface area is 128 Å². The number of benzene rings is 1. The molecule has 2 N–H and O–H groups in total. The summed E-state index contributed by atoms with van der Waals surface area (Å²) in [6.07, 6.45) is -0.146. The monoisotopic (exact) mass is 313 g/mol. The number of hydrogen-bond acceptors (Lipinski definition) is 3. The molecule has 0 amide bonds. The van der Waals surface area contributed by atoms with Gasteiger partial charge in [-0.3, -0.25) is 0 Å². The second-order valence-electron chi connectivity index (χ2n) is 7.00. The van der Waals surface area contributed by atoms with E-state index in [4.69, 9.17) is 0 Å². The molecular weight excluding hydrogens is 286 g/mol. The van der Waals surface area contributed by atoms with E-state index in [1.807, 2.05) is 39.8 Å². The van der Waals surface area contributed by atoms with Crippen molar-refractivity contribution in [1.29, 1.82) is 0 Å². The molecule has 0 aromatic heterocycles. The van der Waals surface area contributed by atoms with Gasteiger partial charge in [0.2, 0.25) is 10.0 Å². The number of nitrogens with one attached hydrogen (secondary N) is 1. The first-order valence-electron chi connectivity index (χ1n) is 7.18. The lowest BCUT2D eigenvalue weighted by Gasteiger charge is -2.22. The van der Waals surface area contributed by atoms with Crippen molar-refractivity contribution in [2.75, 3.05) is 6.54 Å². The zero-order valence-corrected chi connectivity index (χ0v) is 14.6. The summed E-state index contributed by atoms with van der Waals surface area (Å²) in [7, 11) is -3.60. The van der Waals surface area contributed by atoms with Gasteiger partial charge >= 0.3 is 0 Å². The molecule has 120 valence electrons. The SMILES string of the molecule is Cc1cc(C)c(S(=O)(=O)NCC(O)CC(C)(C)C)c(C)c1. The molecule has 0 bridgehead atoms. The number of aliphatic hydroxyl groups is 1. The molecule has 0 saturated carbocycles. The largest absolute Gasteiger partial charge is 0.392 e. The fraction of sp³-hybridized carbons (Fsp3) is 0.625. The van der Waals surface area contributed by atoms with Gasteiger partial charge in [0.1, 0.15) is 0 Å². The van der Waals surface area contributed by atoms with Gasteiger partial charge in [-0.25, -0.2) is 13.1 Å². The van der Waals surface area contributed by atoms with Crippen LogP contribution in [0.15, 0.2) is 17.0 Å². The van der Waals surface area contributed by atoms with Crippen molar-refractivity contribution in [1.82, 2.24) is 4.72 Å². The van der Waals surface area contributed by atoms with E-state index in [1.165, 1.54) is 0 Å². The maximum Gasteiger partial charge on any atom is 0.241 e. The topological polar surface area (TPSA) is 66.4 Å².